The van der Waals surface area contributed by atoms with Gasteiger partial charge in [-0.3, -0.25) is 0 Å². The third-order valence-electron chi connectivity index (χ3n) is 1.78. The van der Waals surface area contributed by atoms with Crippen LogP contribution in [0.2, 0.25) is 0 Å². The lowest BCUT2D eigenvalue weighted by atomic mass is 10.2. The molecular weight excluding hydrogens is 317 g/mol. The first-order chi connectivity index (χ1) is 9.35. The number of carbonyl (C=O) groups is 1. The van der Waals surface area contributed by atoms with Crippen LogP contribution in [0.15, 0.2) is 0 Å². The van der Waals surface area contributed by atoms with E-state index in [4.69, 9.17) is 9.26 Å². The molecule has 0 aliphatic rings. The van der Waals surface area contributed by atoms with Crippen molar-refractivity contribution in [2.24, 2.45) is 0 Å². The van der Waals surface area contributed by atoms with Gasteiger partial charge >= 0.3 is 13.3 Å². The highest BCUT2D eigenvalue weighted by Crippen LogP contribution is 2.38. The highest BCUT2D eigenvalue weighted by Gasteiger charge is 2.17. The largest absolute Gasteiger partial charge is 0.585 e. The predicted octanol–water partition coefficient (Wildman–Crippen LogP) is 4.06. The van der Waals surface area contributed by atoms with Crippen molar-refractivity contribution in [1.82, 2.24) is 5.32 Å². The van der Waals surface area contributed by atoms with E-state index >= 15 is 0 Å². The van der Waals surface area contributed by atoms with E-state index in [0.29, 0.717) is 13.2 Å². The Labute approximate surface area is 130 Å². The van der Waals surface area contributed by atoms with Gasteiger partial charge < -0.3 is 10.1 Å². The maximum absolute atomic E-state index is 11.3. The summed E-state index contributed by atoms with van der Waals surface area (Å²) in [6.07, 6.45) is 0.609. The summed E-state index contributed by atoms with van der Waals surface area (Å²) < 4.78 is 21.3. The molecule has 20 heavy (non-hydrogen) atoms. The van der Waals surface area contributed by atoms with Crippen LogP contribution in [0.25, 0.3) is 0 Å². The van der Waals surface area contributed by atoms with Crippen molar-refractivity contribution < 1.29 is 18.6 Å². The predicted molar refractivity (Wildman–Crippen MR) is 87.9 cm³/mol. The summed E-state index contributed by atoms with van der Waals surface area (Å²) in [5, 5.41) is 2.71. The van der Waals surface area contributed by atoms with Gasteiger partial charge in [-0.1, -0.05) is 0 Å². The number of hydrogen-bond acceptors (Lipinski definition) is 6. The zero-order chi connectivity index (χ0) is 15.4. The Balaban J connectivity index is 3.33. The average Bonchev–Trinajstić information content (AvgIpc) is 2.30. The van der Waals surface area contributed by atoms with E-state index in [2.05, 4.69) is 5.32 Å². The topological polar surface area (TPSA) is 64.6 Å². The summed E-state index contributed by atoms with van der Waals surface area (Å²) in [5.74, 6) is 2.67. The van der Waals surface area contributed by atoms with Crippen molar-refractivity contribution in [3.8, 4) is 0 Å². The van der Waals surface area contributed by atoms with E-state index in [1.807, 2.05) is 27.7 Å². The van der Waals surface area contributed by atoms with Crippen molar-refractivity contribution in [2.45, 2.75) is 39.7 Å². The number of thioether (sulfide) groups is 1. The highest BCUT2D eigenvalue weighted by atomic mass is 32.7. The van der Waals surface area contributed by atoms with Gasteiger partial charge in [-0.15, -0.1) is 4.52 Å². The van der Waals surface area contributed by atoms with Crippen LogP contribution < -0.4 is 5.32 Å². The molecule has 0 saturated carbocycles. The number of hydrogen-bond donors (Lipinski definition) is 1. The zero-order valence-corrected chi connectivity index (χ0v) is 15.2. The van der Waals surface area contributed by atoms with Crippen molar-refractivity contribution in [2.75, 3.05) is 30.4 Å². The highest BCUT2D eigenvalue weighted by molar-refractivity contribution is 8.50. The SMILES string of the molecule is CCO[P+](=O)SCCCSCCNC(=O)OC(C)(C)C. The molecule has 1 atom stereocenters. The minimum atomic E-state index is -1.55. The Kier molecular flexibility index (Phi) is 11.7. The van der Waals surface area contributed by atoms with Gasteiger partial charge in [-0.2, -0.15) is 11.8 Å². The van der Waals surface area contributed by atoms with Gasteiger partial charge in [0.25, 0.3) is 0 Å². The monoisotopic (exact) mass is 342 g/mol. The number of nitrogens with one attached hydrogen (secondary N) is 1. The first-order valence-electron chi connectivity index (χ1n) is 6.63. The third kappa shape index (κ3) is 14.4. The van der Waals surface area contributed by atoms with Gasteiger partial charge in [-0.05, 0) is 44.4 Å². The van der Waals surface area contributed by atoms with Crippen LogP contribution in [0, 0.1) is 0 Å². The molecule has 0 aliphatic heterocycles. The number of amides is 1. The van der Waals surface area contributed by atoms with E-state index in [1.54, 1.807) is 11.8 Å². The summed E-state index contributed by atoms with van der Waals surface area (Å²) in [6.45, 7) is 8.44. The molecule has 0 radical (unpaired) electrons. The standard InChI is InChI=1S/C12H24NO4PS2/c1-5-16-18(15)20-9-6-8-19-10-7-13-11(14)17-12(2,3)4/h5-10H2,1-4H3/p+1. The quantitative estimate of drug-likeness (QED) is 0.477. The molecule has 0 aromatic carbocycles. The molecule has 0 aromatic heterocycles. The van der Waals surface area contributed by atoms with Gasteiger partial charge in [0.1, 0.15) is 12.2 Å². The van der Waals surface area contributed by atoms with Crippen LogP contribution in [0.4, 0.5) is 4.79 Å². The van der Waals surface area contributed by atoms with Crippen LogP contribution in [-0.2, 0) is 13.8 Å². The Morgan fingerprint density at radius 1 is 1.25 bits per heavy atom. The fourth-order valence-electron chi connectivity index (χ4n) is 1.08. The van der Waals surface area contributed by atoms with Crippen molar-refractivity contribution in [3.05, 3.63) is 0 Å². The first-order valence-corrected chi connectivity index (χ1v) is 10.5. The lowest BCUT2D eigenvalue weighted by Crippen LogP contribution is -2.33. The van der Waals surface area contributed by atoms with Crippen molar-refractivity contribution in [3.63, 3.8) is 0 Å². The minimum Gasteiger partial charge on any atom is -0.444 e. The Morgan fingerprint density at radius 2 is 1.95 bits per heavy atom. The summed E-state index contributed by atoms with van der Waals surface area (Å²) in [7, 11) is -1.55. The van der Waals surface area contributed by atoms with Gasteiger partial charge in [0.05, 0.1) is 0 Å². The molecule has 0 spiro atoms. The van der Waals surface area contributed by atoms with Gasteiger partial charge in [0.2, 0.25) is 0 Å². The van der Waals surface area contributed by atoms with Gasteiger partial charge in [0.15, 0.2) is 11.4 Å². The molecule has 1 N–H and O–H groups in total. The van der Waals surface area contributed by atoms with E-state index in [-0.39, 0.29) is 6.09 Å². The van der Waals surface area contributed by atoms with E-state index < -0.39 is 12.8 Å². The second-order valence-corrected chi connectivity index (χ2v) is 9.13. The summed E-state index contributed by atoms with van der Waals surface area (Å²) >= 11 is 3.12. The molecule has 1 unspecified atom stereocenters. The molecule has 0 bridgehead atoms. The molecule has 0 heterocycles. The molecule has 0 fully saturated rings. The van der Waals surface area contributed by atoms with Gasteiger partial charge in [0, 0.05) is 18.1 Å². The lowest BCUT2D eigenvalue weighted by molar-refractivity contribution is 0.0531. The first kappa shape index (κ1) is 20.0. The molecule has 0 rings (SSSR count). The Morgan fingerprint density at radius 3 is 2.55 bits per heavy atom. The second-order valence-electron chi connectivity index (χ2n) is 4.87. The molecule has 8 heteroatoms. The molecule has 118 valence electrons. The van der Waals surface area contributed by atoms with Crippen LogP contribution in [0.3, 0.4) is 0 Å². The summed E-state index contributed by atoms with van der Waals surface area (Å²) in [6, 6.07) is 0. The second kappa shape index (κ2) is 11.7. The maximum Gasteiger partial charge on any atom is 0.585 e. The van der Waals surface area contributed by atoms with E-state index in [0.717, 1.165) is 23.7 Å². The Hall–Kier alpha value is 0.0300. The normalized spacial score (nSPS) is 12.1. The van der Waals surface area contributed by atoms with E-state index in [1.165, 1.54) is 11.4 Å². The molecular formula is C12H25NO4PS2+. The molecule has 0 saturated heterocycles. The van der Waals surface area contributed by atoms with Gasteiger partial charge in [-0.25, -0.2) is 4.79 Å². The van der Waals surface area contributed by atoms with Crippen LogP contribution >= 0.6 is 30.4 Å². The van der Waals surface area contributed by atoms with Crippen LogP contribution in [-0.4, -0.2) is 42.1 Å². The minimum absolute atomic E-state index is 0.373. The molecule has 1 amide bonds. The Bertz CT molecular complexity index is 298. The fourth-order valence-corrected chi connectivity index (χ4v) is 4.15. The molecule has 5 nitrogen and oxygen atoms in total. The van der Waals surface area contributed by atoms with Crippen LogP contribution in [0.5, 0.6) is 0 Å². The third-order valence-corrected chi connectivity index (χ3v) is 5.50. The number of rotatable bonds is 10. The maximum atomic E-state index is 11.3. The summed E-state index contributed by atoms with van der Waals surface area (Å²) in [5.41, 5.74) is -0.453. The fraction of sp³-hybridized carbons (Fsp3) is 0.917. The lowest BCUT2D eigenvalue weighted by Gasteiger charge is -2.19. The smallest absolute Gasteiger partial charge is 0.444 e. The zero-order valence-electron chi connectivity index (χ0n) is 12.6. The molecule has 0 aromatic rings. The number of alkyl carbamates (subject to hydrolysis) is 1. The number of ether oxygens (including phenoxy) is 1. The summed E-state index contributed by atoms with van der Waals surface area (Å²) in [4.78, 5) is 11.3. The van der Waals surface area contributed by atoms with Crippen molar-refractivity contribution >= 4 is 36.5 Å². The van der Waals surface area contributed by atoms with Crippen molar-refractivity contribution in [1.29, 1.82) is 0 Å². The average molecular weight is 342 g/mol. The van der Waals surface area contributed by atoms with Crippen LogP contribution in [0.1, 0.15) is 34.1 Å². The molecule has 0 aliphatic carbocycles. The van der Waals surface area contributed by atoms with E-state index in [9.17, 15) is 9.36 Å². The number of carbonyl (C=O) groups excluding carboxylic acids is 1.